The number of likely N-dealkylation sites (tertiary alicyclic amines) is 1. The van der Waals surface area contributed by atoms with Crippen LogP contribution in [0.3, 0.4) is 0 Å². The first-order valence-electron chi connectivity index (χ1n) is 6.52. The fraction of sp³-hybridized carbons (Fsp3) is 0.750. The van der Waals surface area contributed by atoms with Gasteiger partial charge in [-0.05, 0) is 18.8 Å². The molecule has 6 heteroatoms. The zero-order valence-corrected chi connectivity index (χ0v) is 10.8. The van der Waals surface area contributed by atoms with Crippen LogP contribution < -0.4 is 5.73 Å². The molecule has 1 aliphatic rings. The molecule has 1 fully saturated rings. The van der Waals surface area contributed by atoms with E-state index in [4.69, 9.17) is 5.73 Å². The monoisotopic (exact) mass is 251 g/mol. The molecule has 0 bridgehead atoms. The van der Waals surface area contributed by atoms with Crippen LogP contribution in [0.25, 0.3) is 0 Å². The van der Waals surface area contributed by atoms with Crippen LogP contribution in [0.4, 0.5) is 0 Å². The number of carbonyl (C=O) groups is 1. The average molecular weight is 251 g/mol. The van der Waals surface area contributed by atoms with Crippen molar-refractivity contribution < 1.29 is 4.79 Å². The van der Waals surface area contributed by atoms with Crippen molar-refractivity contribution >= 4 is 5.91 Å². The molecule has 0 aliphatic carbocycles. The molecule has 2 unspecified atom stereocenters. The quantitative estimate of drug-likeness (QED) is 0.824. The molecule has 6 nitrogen and oxygen atoms in total. The van der Waals surface area contributed by atoms with Gasteiger partial charge in [-0.25, -0.2) is 4.98 Å². The smallest absolute Gasteiger partial charge is 0.226 e. The summed E-state index contributed by atoms with van der Waals surface area (Å²) >= 11 is 0. The van der Waals surface area contributed by atoms with Crippen molar-refractivity contribution in [3.05, 3.63) is 12.7 Å². The molecule has 2 N–H and O–H groups in total. The highest BCUT2D eigenvalue weighted by molar-refractivity contribution is 5.78. The Kier molecular flexibility index (Phi) is 4.30. The maximum atomic E-state index is 12.1. The van der Waals surface area contributed by atoms with E-state index in [1.54, 1.807) is 12.7 Å². The lowest BCUT2D eigenvalue weighted by atomic mass is 9.97. The summed E-state index contributed by atoms with van der Waals surface area (Å²) in [7, 11) is 0. The molecule has 1 saturated heterocycles. The molecule has 0 saturated carbocycles. The summed E-state index contributed by atoms with van der Waals surface area (Å²) in [5, 5.41) is 4.11. The highest BCUT2D eigenvalue weighted by atomic mass is 16.2. The topological polar surface area (TPSA) is 77.0 Å². The average Bonchev–Trinajstić information content (AvgIpc) is 2.90. The zero-order valence-electron chi connectivity index (χ0n) is 10.8. The van der Waals surface area contributed by atoms with Crippen molar-refractivity contribution in [2.45, 2.75) is 26.3 Å². The van der Waals surface area contributed by atoms with E-state index in [-0.39, 0.29) is 11.8 Å². The van der Waals surface area contributed by atoms with Gasteiger partial charge >= 0.3 is 0 Å². The number of nitrogens with two attached hydrogens (primary N) is 1. The van der Waals surface area contributed by atoms with Crippen LogP contribution >= 0.6 is 0 Å². The number of rotatable bonds is 4. The van der Waals surface area contributed by atoms with Crippen LogP contribution in [0.15, 0.2) is 12.7 Å². The number of carbonyl (C=O) groups excluding carboxylic acids is 1. The first-order valence-corrected chi connectivity index (χ1v) is 6.52. The lowest BCUT2D eigenvalue weighted by molar-refractivity contribution is -0.136. The predicted molar refractivity (Wildman–Crippen MR) is 67.5 cm³/mol. The van der Waals surface area contributed by atoms with Gasteiger partial charge in [0.1, 0.15) is 12.7 Å². The Morgan fingerprint density at radius 2 is 2.44 bits per heavy atom. The van der Waals surface area contributed by atoms with Crippen LogP contribution in [0, 0.1) is 11.8 Å². The Hall–Kier alpha value is -1.43. The molecule has 2 rings (SSSR count). The van der Waals surface area contributed by atoms with Crippen molar-refractivity contribution in [1.29, 1.82) is 0 Å². The summed E-state index contributed by atoms with van der Waals surface area (Å²) in [6, 6.07) is 0. The Morgan fingerprint density at radius 3 is 3.11 bits per heavy atom. The van der Waals surface area contributed by atoms with E-state index in [2.05, 4.69) is 10.1 Å². The third-order valence-electron chi connectivity index (χ3n) is 3.52. The van der Waals surface area contributed by atoms with Crippen molar-refractivity contribution in [1.82, 2.24) is 19.7 Å². The van der Waals surface area contributed by atoms with E-state index < -0.39 is 0 Å². The van der Waals surface area contributed by atoms with E-state index in [9.17, 15) is 4.79 Å². The van der Waals surface area contributed by atoms with E-state index in [1.165, 1.54) is 0 Å². The van der Waals surface area contributed by atoms with Crippen molar-refractivity contribution in [3.8, 4) is 0 Å². The molecule has 1 amide bonds. The minimum Gasteiger partial charge on any atom is -0.342 e. The molecule has 0 aromatic carbocycles. The van der Waals surface area contributed by atoms with Gasteiger partial charge in [-0.2, -0.15) is 5.10 Å². The molecule has 0 spiro atoms. The fourth-order valence-corrected chi connectivity index (χ4v) is 2.42. The standard InChI is InChI=1S/C12H21N5O/c1-10(5-13)12(18)16-4-2-3-11(6-16)7-17-9-14-8-15-17/h8-11H,2-7,13H2,1H3. The summed E-state index contributed by atoms with van der Waals surface area (Å²) < 4.78 is 1.84. The third kappa shape index (κ3) is 3.07. The number of amides is 1. The van der Waals surface area contributed by atoms with E-state index in [0.29, 0.717) is 12.5 Å². The summed E-state index contributed by atoms with van der Waals surface area (Å²) in [5.74, 6) is 0.574. The maximum absolute atomic E-state index is 12.1. The molecule has 2 heterocycles. The van der Waals surface area contributed by atoms with Crippen LogP contribution in [-0.4, -0.2) is 45.2 Å². The molecule has 2 atom stereocenters. The van der Waals surface area contributed by atoms with Gasteiger partial charge in [-0.15, -0.1) is 0 Å². The lowest BCUT2D eigenvalue weighted by Crippen LogP contribution is -2.44. The fourth-order valence-electron chi connectivity index (χ4n) is 2.42. The Bertz CT molecular complexity index is 378. The van der Waals surface area contributed by atoms with Crippen molar-refractivity contribution in [3.63, 3.8) is 0 Å². The van der Waals surface area contributed by atoms with Gasteiger partial charge < -0.3 is 10.6 Å². The first-order chi connectivity index (χ1) is 8.70. The Labute approximate surface area is 107 Å². The maximum Gasteiger partial charge on any atom is 0.226 e. The van der Waals surface area contributed by atoms with E-state index in [1.807, 2.05) is 16.5 Å². The molecule has 100 valence electrons. The number of hydrogen-bond donors (Lipinski definition) is 1. The molecule has 1 aromatic heterocycles. The zero-order chi connectivity index (χ0) is 13.0. The Morgan fingerprint density at radius 1 is 1.61 bits per heavy atom. The number of piperidine rings is 1. The summed E-state index contributed by atoms with van der Waals surface area (Å²) in [5.41, 5.74) is 5.55. The summed E-state index contributed by atoms with van der Waals surface area (Å²) in [4.78, 5) is 18.0. The van der Waals surface area contributed by atoms with E-state index >= 15 is 0 Å². The minimum absolute atomic E-state index is 0.0740. The van der Waals surface area contributed by atoms with Gasteiger partial charge in [0, 0.05) is 32.1 Å². The normalized spacial score (nSPS) is 21.9. The van der Waals surface area contributed by atoms with Gasteiger partial charge in [-0.3, -0.25) is 9.48 Å². The van der Waals surface area contributed by atoms with Crippen molar-refractivity contribution in [2.75, 3.05) is 19.6 Å². The van der Waals surface area contributed by atoms with E-state index in [0.717, 1.165) is 32.5 Å². The molecule has 18 heavy (non-hydrogen) atoms. The predicted octanol–water partition coefficient (Wildman–Crippen LogP) is 0.112. The highest BCUT2D eigenvalue weighted by Crippen LogP contribution is 2.19. The van der Waals surface area contributed by atoms with Crippen LogP contribution in [0.2, 0.25) is 0 Å². The van der Waals surface area contributed by atoms with Crippen LogP contribution in [-0.2, 0) is 11.3 Å². The van der Waals surface area contributed by atoms with Gasteiger partial charge in [0.15, 0.2) is 0 Å². The van der Waals surface area contributed by atoms with Gasteiger partial charge in [0.05, 0.1) is 0 Å². The second-order valence-corrected chi connectivity index (χ2v) is 5.05. The number of hydrogen-bond acceptors (Lipinski definition) is 4. The van der Waals surface area contributed by atoms with Gasteiger partial charge in [-0.1, -0.05) is 6.92 Å². The Balaban J connectivity index is 1.90. The molecule has 1 aromatic rings. The molecular weight excluding hydrogens is 230 g/mol. The molecule has 0 radical (unpaired) electrons. The molecular formula is C12H21N5O. The SMILES string of the molecule is CC(CN)C(=O)N1CCCC(Cn2cncn2)C1. The third-order valence-corrected chi connectivity index (χ3v) is 3.52. The number of aromatic nitrogens is 3. The lowest BCUT2D eigenvalue weighted by Gasteiger charge is -2.34. The number of nitrogens with zero attached hydrogens (tertiary/aromatic N) is 4. The second kappa shape index (κ2) is 5.95. The minimum atomic E-state index is -0.0740. The van der Waals surface area contributed by atoms with Crippen molar-refractivity contribution in [2.24, 2.45) is 17.6 Å². The highest BCUT2D eigenvalue weighted by Gasteiger charge is 2.26. The summed E-state index contributed by atoms with van der Waals surface area (Å²) in [6.45, 7) is 4.81. The molecule has 1 aliphatic heterocycles. The van der Waals surface area contributed by atoms with Crippen LogP contribution in [0.1, 0.15) is 19.8 Å². The van der Waals surface area contributed by atoms with Gasteiger partial charge in [0.25, 0.3) is 0 Å². The summed E-state index contributed by atoms with van der Waals surface area (Å²) in [6.07, 6.45) is 5.47. The van der Waals surface area contributed by atoms with Gasteiger partial charge in [0.2, 0.25) is 5.91 Å². The first kappa shape index (κ1) is 13.0. The van der Waals surface area contributed by atoms with Crippen LogP contribution in [0.5, 0.6) is 0 Å². The largest absolute Gasteiger partial charge is 0.342 e. The second-order valence-electron chi connectivity index (χ2n) is 5.05.